The smallest absolute Gasteiger partial charge is 0.252 e. The summed E-state index contributed by atoms with van der Waals surface area (Å²) in [6.45, 7) is 6.34. The number of hydrogen-bond acceptors (Lipinski definition) is 6. The molecule has 1 saturated heterocycles. The molecular formula is C41H48BrFN4O5. The van der Waals surface area contributed by atoms with E-state index in [0.717, 1.165) is 53.7 Å². The van der Waals surface area contributed by atoms with Crippen molar-refractivity contribution < 1.29 is 28.2 Å². The number of amides is 3. The first kappa shape index (κ1) is 37.5. The topological polar surface area (TPSA) is 114 Å². The van der Waals surface area contributed by atoms with Crippen molar-refractivity contribution in [2.24, 2.45) is 5.73 Å². The number of nitrogens with one attached hydrogen (secondary N) is 1. The quantitative estimate of drug-likeness (QED) is 0.166. The molecule has 2 atom stereocenters. The second-order valence-electron chi connectivity index (χ2n) is 14.2. The van der Waals surface area contributed by atoms with Crippen molar-refractivity contribution in [3.63, 3.8) is 0 Å². The number of ether oxygens (including phenoxy) is 2. The van der Waals surface area contributed by atoms with Gasteiger partial charge in [0.05, 0.1) is 23.7 Å². The molecule has 276 valence electrons. The molecule has 3 aromatic rings. The van der Waals surface area contributed by atoms with Gasteiger partial charge in [0.25, 0.3) is 5.91 Å². The summed E-state index contributed by atoms with van der Waals surface area (Å²) in [6, 6.07) is 18.7. The van der Waals surface area contributed by atoms with Gasteiger partial charge in [-0.1, -0.05) is 30.3 Å². The minimum Gasteiger partial charge on any atom is -0.492 e. The highest BCUT2D eigenvalue weighted by Crippen LogP contribution is 2.37. The van der Waals surface area contributed by atoms with Gasteiger partial charge in [0, 0.05) is 49.7 Å². The molecule has 3 amide bonds. The van der Waals surface area contributed by atoms with Gasteiger partial charge in [-0.05, 0) is 120 Å². The lowest BCUT2D eigenvalue weighted by molar-refractivity contribution is -0.134. The van der Waals surface area contributed by atoms with Gasteiger partial charge in [-0.3, -0.25) is 14.4 Å². The fourth-order valence-electron chi connectivity index (χ4n) is 7.12. The molecule has 6 rings (SSSR count). The minimum absolute atomic E-state index is 0.00755. The summed E-state index contributed by atoms with van der Waals surface area (Å²) in [7, 11) is 0. The van der Waals surface area contributed by atoms with Crippen LogP contribution >= 0.6 is 15.9 Å². The third-order valence-electron chi connectivity index (χ3n) is 10.2. The van der Waals surface area contributed by atoms with Gasteiger partial charge in [-0.15, -0.1) is 0 Å². The Morgan fingerprint density at radius 1 is 0.942 bits per heavy atom. The van der Waals surface area contributed by atoms with Gasteiger partial charge < -0.3 is 30.3 Å². The van der Waals surface area contributed by atoms with Crippen LogP contribution in [0.2, 0.25) is 0 Å². The van der Waals surface area contributed by atoms with Gasteiger partial charge >= 0.3 is 0 Å². The number of hydrogen-bond donors (Lipinski definition) is 2. The van der Waals surface area contributed by atoms with Crippen LogP contribution in [-0.4, -0.2) is 78.5 Å². The van der Waals surface area contributed by atoms with Gasteiger partial charge in [-0.25, -0.2) is 4.39 Å². The Labute approximate surface area is 313 Å². The average molecular weight is 776 g/mol. The molecule has 2 fully saturated rings. The summed E-state index contributed by atoms with van der Waals surface area (Å²) in [6.07, 6.45) is 4.90. The standard InChI is InChI=1S/C41H48BrFN4O5/c1-26-8-16-33(21-27(26)2)51-20-18-47(32-14-15-32)41(50)40-34(23-31-24-46(25-36(40)45-31)39(49)7-3-6-38(44)48)29-11-9-28(10-12-29)5-4-19-52-37-22-30(43)13-17-35(37)42/h8-13,16-17,21-22,31-32,36,45H,3-7,14-15,18-20,23-25H2,1-2H3,(H2,44,48)/t31-,36-/m1/s1. The summed E-state index contributed by atoms with van der Waals surface area (Å²) >= 11 is 3.41. The third-order valence-corrected chi connectivity index (χ3v) is 10.8. The highest BCUT2D eigenvalue weighted by atomic mass is 79.9. The maximum absolute atomic E-state index is 14.7. The highest BCUT2D eigenvalue weighted by Gasteiger charge is 2.43. The van der Waals surface area contributed by atoms with E-state index in [0.29, 0.717) is 61.5 Å². The number of halogens is 2. The summed E-state index contributed by atoms with van der Waals surface area (Å²) in [5.74, 6) is 0.493. The molecule has 1 saturated carbocycles. The Bertz CT molecular complexity index is 1810. The van der Waals surface area contributed by atoms with Crippen LogP contribution in [0.3, 0.4) is 0 Å². The lowest BCUT2D eigenvalue weighted by Crippen LogP contribution is -2.62. The van der Waals surface area contributed by atoms with Crippen molar-refractivity contribution in [3.05, 3.63) is 98.8 Å². The van der Waals surface area contributed by atoms with E-state index in [1.807, 2.05) is 28.0 Å². The zero-order valence-corrected chi connectivity index (χ0v) is 31.6. The molecule has 3 aromatic carbocycles. The first-order valence-corrected chi connectivity index (χ1v) is 19.1. The zero-order chi connectivity index (χ0) is 36.8. The molecule has 3 N–H and O–H groups in total. The Kier molecular flexibility index (Phi) is 12.3. The maximum Gasteiger partial charge on any atom is 0.252 e. The molecule has 2 heterocycles. The monoisotopic (exact) mass is 774 g/mol. The van der Waals surface area contributed by atoms with Crippen LogP contribution in [0.5, 0.6) is 11.5 Å². The van der Waals surface area contributed by atoms with E-state index >= 15 is 0 Å². The number of rotatable bonds is 16. The zero-order valence-electron chi connectivity index (χ0n) is 30.0. The van der Waals surface area contributed by atoms with E-state index < -0.39 is 5.91 Å². The van der Waals surface area contributed by atoms with Crippen LogP contribution in [-0.2, 0) is 20.8 Å². The molecule has 0 unspecified atom stereocenters. The Hall–Kier alpha value is -4.22. The van der Waals surface area contributed by atoms with Gasteiger partial charge in [0.1, 0.15) is 23.9 Å². The molecule has 0 aromatic heterocycles. The molecule has 3 aliphatic rings. The second-order valence-corrected chi connectivity index (χ2v) is 15.0. The van der Waals surface area contributed by atoms with Crippen molar-refractivity contribution in [1.29, 1.82) is 0 Å². The van der Waals surface area contributed by atoms with Crippen molar-refractivity contribution in [2.45, 2.75) is 83.3 Å². The van der Waals surface area contributed by atoms with E-state index in [2.05, 4.69) is 59.4 Å². The number of carbonyl (C=O) groups excluding carboxylic acids is 3. The number of primary amides is 1. The number of nitrogens with zero attached hydrogens (tertiary/aromatic N) is 2. The third kappa shape index (κ3) is 9.60. The maximum atomic E-state index is 14.7. The average Bonchev–Trinajstić information content (AvgIpc) is 3.96. The van der Waals surface area contributed by atoms with E-state index in [4.69, 9.17) is 15.2 Å². The largest absolute Gasteiger partial charge is 0.492 e. The van der Waals surface area contributed by atoms with Crippen molar-refractivity contribution >= 4 is 39.2 Å². The SMILES string of the molecule is Cc1ccc(OCCN(C(=O)C2=C(c3ccc(CCCOc4cc(F)ccc4Br)cc3)C[C@@H]3CN(C(=O)CCCC(N)=O)C[C@H]2N3)C2CC2)cc1C. The second kappa shape index (κ2) is 17.1. The summed E-state index contributed by atoms with van der Waals surface area (Å²) in [4.78, 5) is 43.1. The molecule has 2 bridgehead atoms. The van der Waals surface area contributed by atoms with Crippen molar-refractivity contribution in [2.75, 3.05) is 32.8 Å². The predicted octanol–water partition coefficient (Wildman–Crippen LogP) is 6.27. The van der Waals surface area contributed by atoms with Crippen molar-refractivity contribution in [1.82, 2.24) is 15.1 Å². The summed E-state index contributed by atoms with van der Waals surface area (Å²) in [5.41, 5.74) is 11.6. The number of nitrogens with two attached hydrogens (primary N) is 1. The van der Waals surface area contributed by atoms with Gasteiger partial charge in [-0.2, -0.15) is 0 Å². The number of benzene rings is 3. The van der Waals surface area contributed by atoms with Gasteiger partial charge in [0.2, 0.25) is 11.8 Å². The number of piperazine rings is 1. The Morgan fingerprint density at radius 2 is 1.73 bits per heavy atom. The number of carbonyl (C=O) groups is 3. The van der Waals surface area contributed by atoms with E-state index in [1.54, 1.807) is 6.07 Å². The summed E-state index contributed by atoms with van der Waals surface area (Å²) in [5, 5.41) is 3.67. The van der Waals surface area contributed by atoms with Crippen LogP contribution in [0.15, 0.2) is 70.7 Å². The fourth-order valence-corrected chi connectivity index (χ4v) is 7.48. The highest BCUT2D eigenvalue weighted by molar-refractivity contribution is 9.10. The lowest BCUT2D eigenvalue weighted by atomic mass is 9.82. The van der Waals surface area contributed by atoms with Crippen LogP contribution in [0, 0.1) is 19.7 Å². The number of aryl methyl sites for hydroxylation is 3. The van der Waals surface area contributed by atoms with E-state index in [9.17, 15) is 18.8 Å². The molecule has 2 aliphatic heterocycles. The molecule has 0 spiro atoms. The molecule has 11 heteroatoms. The minimum atomic E-state index is -0.413. The Morgan fingerprint density at radius 3 is 2.46 bits per heavy atom. The van der Waals surface area contributed by atoms with Crippen molar-refractivity contribution in [3.8, 4) is 11.5 Å². The Balaban J connectivity index is 1.19. The summed E-state index contributed by atoms with van der Waals surface area (Å²) < 4.78 is 26.3. The first-order chi connectivity index (χ1) is 25.0. The number of fused-ring (bicyclic) bond motifs is 2. The first-order valence-electron chi connectivity index (χ1n) is 18.3. The van der Waals surface area contributed by atoms with Crippen LogP contribution in [0.4, 0.5) is 4.39 Å². The van der Waals surface area contributed by atoms with Crippen LogP contribution in [0.25, 0.3) is 5.57 Å². The van der Waals surface area contributed by atoms with Crippen LogP contribution < -0.4 is 20.5 Å². The van der Waals surface area contributed by atoms with E-state index in [1.165, 1.54) is 17.7 Å². The molecule has 0 radical (unpaired) electrons. The molecule has 1 aliphatic carbocycles. The lowest BCUT2D eigenvalue weighted by Gasteiger charge is -2.45. The predicted molar refractivity (Wildman–Crippen MR) is 202 cm³/mol. The van der Waals surface area contributed by atoms with Crippen LogP contribution in [0.1, 0.15) is 67.2 Å². The molecular weight excluding hydrogens is 727 g/mol. The van der Waals surface area contributed by atoms with Gasteiger partial charge in [0.15, 0.2) is 0 Å². The molecule has 9 nitrogen and oxygen atoms in total. The fraction of sp³-hybridized carbons (Fsp3) is 0.439. The molecule has 52 heavy (non-hydrogen) atoms. The van der Waals surface area contributed by atoms with E-state index in [-0.39, 0.29) is 48.6 Å². The normalized spacial score (nSPS) is 18.3.